The molecule has 0 spiro atoms. The molecule has 0 bridgehead atoms. The summed E-state index contributed by atoms with van der Waals surface area (Å²) in [6.45, 7) is 6.40. The molecule has 2 amide bonds. The first kappa shape index (κ1) is 21.0. The number of rotatable bonds is 4. The van der Waals surface area contributed by atoms with Crippen molar-refractivity contribution in [2.75, 3.05) is 45.9 Å². The Morgan fingerprint density at radius 3 is 2.48 bits per heavy atom. The van der Waals surface area contributed by atoms with Crippen LogP contribution < -0.4 is 0 Å². The van der Waals surface area contributed by atoms with Gasteiger partial charge in [-0.1, -0.05) is 12.1 Å². The number of nitrogens with zero attached hydrogens (tertiary/aromatic N) is 4. The third-order valence-electron chi connectivity index (χ3n) is 5.66. The fourth-order valence-corrected chi connectivity index (χ4v) is 4.12. The highest BCUT2D eigenvalue weighted by Crippen LogP contribution is 2.24. The SMILES string of the molecule is CCOC(=O)N1CCCN(C2CCN(C(=O)c3ccccc3[N+](=O)[O-])CC2)CC1. The van der Waals surface area contributed by atoms with Crippen LogP contribution >= 0.6 is 0 Å². The lowest BCUT2D eigenvalue weighted by Crippen LogP contribution is -2.48. The van der Waals surface area contributed by atoms with Crippen LogP contribution in [0, 0.1) is 10.1 Å². The predicted octanol–water partition coefficient (Wildman–Crippen LogP) is 2.36. The number of ether oxygens (including phenoxy) is 1. The monoisotopic (exact) mass is 404 g/mol. The van der Waals surface area contributed by atoms with Crippen LogP contribution in [0.15, 0.2) is 24.3 Å². The van der Waals surface area contributed by atoms with E-state index in [9.17, 15) is 19.7 Å². The summed E-state index contributed by atoms with van der Waals surface area (Å²) in [7, 11) is 0. The number of hydrogen-bond donors (Lipinski definition) is 0. The molecule has 0 radical (unpaired) electrons. The van der Waals surface area contributed by atoms with E-state index in [1.54, 1.807) is 28.9 Å². The second-order valence-electron chi connectivity index (χ2n) is 7.37. The van der Waals surface area contributed by atoms with Crippen molar-refractivity contribution in [3.05, 3.63) is 39.9 Å². The van der Waals surface area contributed by atoms with Gasteiger partial charge in [-0.05, 0) is 32.3 Å². The highest BCUT2D eigenvalue weighted by molar-refractivity contribution is 5.98. The molecule has 3 rings (SSSR count). The van der Waals surface area contributed by atoms with Crippen LogP contribution in [0.2, 0.25) is 0 Å². The third kappa shape index (κ3) is 5.03. The van der Waals surface area contributed by atoms with Gasteiger partial charge in [0.1, 0.15) is 5.56 Å². The minimum Gasteiger partial charge on any atom is -0.450 e. The van der Waals surface area contributed by atoms with Gasteiger partial charge in [-0.2, -0.15) is 0 Å². The second-order valence-corrected chi connectivity index (χ2v) is 7.37. The zero-order chi connectivity index (χ0) is 20.8. The van der Waals surface area contributed by atoms with Gasteiger partial charge in [-0.25, -0.2) is 4.79 Å². The smallest absolute Gasteiger partial charge is 0.409 e. The molecule has 2 aliphatic rings. The Hall–Kier alpha value is -2.68. The van der Waals surface area contributed by atoms with E-state index in [-0.39, 0.29) is 23.3 Å². The molecule has 0 aliphatic carbocycles. The molecule has 9 heteroatoms. The summed E-state index contributed by atoms with van der Waals surface area (Å²) in [5.74, 6) is -0.278. The molecule has 1 aromatic rings. The molecule has 0 atom stereocenters. The van der Waals surface area contributed by atoms with Gasteiger partial charge in [-0.3, -0.25) is 19.8 Å². The number of benzene rings is 1. The van der Waals surface area contributed by atoms with E-state index in [0.717, 1.165) is 32.4 Å². The molecule has 29 heavy (non-hydrogen) atoms. The van der Waals surface area contributed by atoms with Crippen LogP contribution in [0.3, 0.4) is 0 Å². The summed E-state index contributed by atoms with van der Waals surface area (Å²) in [6.07, 6.45) is 2.30. The first-order valence-electron chi connectivity index (χ1n) is 10.2. The third-order valence-corrected chi connectivity index (χ3v) is 5.66. The average Bonchev–Trinajstić information content (AvgIpc) is 3.00. The van der Waals surface area contributed by atoms with E-state index in [1.165, 1.54) is 12.1 Å². The highest BCUT2D eigenvalue weighted by Gasteiger charge is 2.31. The quantitative estimate of drug-likeness (QED) is 0.565. The van der Waals surface area contributed by atoms with Gasteiger partial charge in [0.2, 0.25) is 0 Å². The van der Waals surface area contributed by atoms with Gasteiger partial charge >= 0.3 is 6.09 Å². The number of hydrogen-bond acceptors (Lipinski definition) is 6. The molecule has 2 aliphatic heterocycles. The van der Waals surface area contributed by atoms with Crippen LogP contribution in [-0.4, -0.2) is 83.5 Å². The molecule has 158 valence electrons. The molecule has 0 aromatic heterocycles. The van der Waals surface area contributed by atoms with E-state index in [1.807, 2.05) is 0 Å². The summed E-state index contributed by atoms with van der Waals surface area (Å²) in [6, 6.07) is 6.46. The molecule has 0 saturated carbocycles. The Bertz CT molecular complexity index is 748. The molecule has 2 fully saturated rings. The molecule has 2 saturated heterocycles. The Labute approximate surface area is 170 Å². The van der Waals surface area contributed by atoms with Crippen LogP contribution in [0.4, 0.5) is 10.5 Å². The number of likely N-dealkylation sites (tertiary alicyclic amines) is 1. The van der Waals surface area contributed by atoms with Crippen LogP contribution in [-0.2, 0) is 4.74 Å². The maximum absolute atomic E-state index is 12.8. The number of piperidine rings is 1. The molecule has 0 unspecified atom stereocenters. The van der Waals surface area contributed by atoms with Gasteiger partial charge in [-0.15, -0.1) is 0 Å². The van der Waals surface area contributed by atoms with Gasteiger partial charge in [0.05, 0.1) is 11.5 Å². The number of nitro groups is 1. The Kier molecular flexibility index (Phi) is 7.03. The second kappa shape index (κ2) is 9.69. The van der Waals surface area contributed by atoms with Gasteiger partial charge < -0.3 is 14.5 Å². The summed E-state index contributed by atoms with van der Waals surface area (Å²) in [5.41, 5.74) is 0.00185. The molecular weight excluding hydrogens is 376 g/mol. The van der Waals surface area contributed by atoms with Crippen LogP contribution in [0.5, 0.6) is 0 Å². The summed E-state index contributed by atoms with van der Waals surface area (Å²) in [4.78, 5) is 41.3. The fourth-order valence-electron chi connectivity index (χ4n) is 4.12. The standard InChI is InChI=1S/C20H28N4O5/c1-2-29-20(26)23-11-5-10-21(14-15-23)16-8-12-22(13-9-16)19(25)17-6-3-4-7-18(17)24(27)28/h3-4,6-7,16H,2,5,8-15H2,1H3. The number of carbonyl (C=O) groups is 2. The molecular formula is C20H28N4O5. The van der Waals surface area contributed by atoms with Crippen molar-refractivity contribution in [2.24, 2.45) is 0 Å². The zero-order valence-corrected chi connectivity index (χ0v) is 16.8. The number of amides is 2. The van der Waals surface area contributed by atoms with E-state index >= 15 is 0 Å². The van der Waals surface area contributed by atoms with Crippen molar-refractivity contribution in [1.82, 2.24) is 14.7 Å². The number of nitro benzene ring substituents is 1. The van der Waals surface area contributed by atoms with E-state index in [2.05, 4.69) is 4.90 Å². The predicted molar refractivity (Wildman–Crippen MR) is 107 cm³/mol. The lowest BCUT2D eigenvalue weighted by molar-refractivity contribution is -0.385. The largest absolute Gasteiger partial charge is 0.450 e. The normalized spacial score (nSPS) is 18.9. The van der Waals surface area contributed by atoms with Gasteiger partial charge in [0.15, 0.2) is 0 Å². The Morgan fingerprint density at radius 1 is 1.07 bits per heavy atom. The van der Waals surface area contributed by atoms with E-state index in [4.69, 9.17) is 4.74 Å². The topological polar surface area (TPSA) is 96.2 Å². The lowest BCUT2D eigenvalue weighted by Gasteiger charge is -2.38. The summed E-state index contributed by atoms with van der Waals surface area (Å²) >= 11 is 0. The van der Waals surface area contributed by atoms with Crippen molar-refractivity contribution in [2.45, 2.75) is 32.2 Å². The van der Waals surface area contributed by atoms with Gasteiger partial charge in [0.25, 0.3) is 11.6 Å². The maximum Gasteiger partial charge on any atom is 0.409 e. The Morgan fingerprint density at radius 2 is 1.79 bits per heavy atom. The molecule has 0 N–H and O–H groups in total. The maximum atomic E-state index is 12.8. The minimum absolute atomic E-state index is 0.147. The first-order chi connectivity index (χ1) is 14.0. The summed E-state index contributed by atoms with van der Waals surface area (Å²) < 4.78 is 5.10. The van der Waals surface area contributed by atoms with Crippen molar-refractivity contribution >= 4 is 17.7 Å². The van der Waals surface area contributed by atoms with Crippen molar-refractivity contribution in [1.29, 1.82) is 0 Å². The Balaban J connectivity index is 1.55. The molecule has 2 heterocycles. The highest BCUT2D eigenvalue weighted by atomic mass is 16.6. The van der Waals surface area contributed by atoms with Gasteiger partial charge in [0, 0.05) is 51.4 Å². The van der Waals surface area contributed by atoms with Crippen LogP contribution in [0.1, 0.15) is 36.5 Å². The van der Waals surface area contributed by atoms with Crippen LogP contribution in [0.25, 0.3) is 0 Å². The van der Waals surface area contributed by atoms with Crippen molar-refractivity contribution in [3.63, 3.8) is 0 Å². The zero-order valence-electron chi connectivity index (χ0n) is 16.8. The summed E-state index contributed by atoms with van der Waals surface area (Å²) in [5, 5.41) is 11.2. The number of carbonyl (C=O) groups excluding carboxylic acids is 2. The van der Waals surface area contributed by atoms with Crippen molar-refractivity contribution in [3.8, 4) is 0 Å². The average molecular weight is 404 g/mol. The lowest BCUT2D eigenvalue weighted by atomic mass is 10.0. The van der Waals surface area contributed by atoms with E-state index in [0.29, 0.717) is 38.8 Å². The number of para-hydroxylation sites is 1. The molecule has 1 aromatic carbocycles. The van der Waals surface area contributed by atoms with Crippen molar-refractivity contribution < 1.29 is 19.2 Å². The minimum atomic E-state index is -0.507. The van der Waals surface area contributed by atoms with E-state index < -0.39 is 4.92 Å². The first-order valence-corrected chi connectivity index (χ1v) is 10.2. The fraction of sp³-hybridized carbons (Fsp3) is 0.600. The molecule has 9 nitrogen and oxygen atoms in total.